The van der Waals surface area contributed by atoms with Crippen molar-refractivity contribution in [2.75, 3.05) is 33.2 Å². The number of aryl methyl sites for hydroxylation is 1. The molecule has 2 atom stereocenters. The van der Waals surface area contributed by atoms with E-state index in [1.54, 1.807) is 33.5 Å². The third-order valence-electron chi connectivity index (χ3n) is 7.49. The van der Waals surface area contributed by atoms with Gasteiger partial charge in [0.15, 0.2) is 11.5 Å². The van der Waals surface area contributed by atoms with Crippen molar-refractivity contribution in [3.8, 4) is 28.4 Å². The molecule has 9 nitrogen and oxygen atoms in total. The van der Waals surface area contributed by atoms with Crippen molar-refractivity contribution in [2.24, 2.45) is 0 Å². The molecule has 0 aromatic heterocycles. The highest BCUT2D eigenvalue weighted by atomic mass is 16.5. The number of fused-ring (bicyclic) bond motifs is 3. The first-order valence-electron chi connectivity index (χ1n) is 14.1. The van der Waals surface area contributed by atoms with Crippen molar-refractivity contribution < 1.29 is 23.8 Å². The Morgan fingerprint density at radius 3 is 2.38 bits per heavy atom. The zero-order chi connectivity index (χ0) is 30.2. The summed E-state index contributed by atoms with van der Waals surface area (Å²) in [5.41, 5.74) is 4.45. The van der Waals surface area contributed by atoms with Crippen LogP contribution < -0.4 is 35.6 Å². The Kier molecular flexibility index (Phi) is 10.1. The molecule has 3 aromatic carbocycles. The highest BCUT2D eigenvalue weighted by Gasteiger charge is 2.29. The minimum Gasteiger partial charge on any atom is -0.493 e. The van der Waals surface area contributed by atoms with Crippen LogP contribution >= 0.6 is 0 Å². The average molecular weight is 574 g/mol. The van der Waals surface area contributed by atoms with Gasteiger partial charge in [0.25, 0.3) is 0 Å². The monoisotopic (exact) mass is 573 g/mol. The van der Waals surface area contributed by atoms with E-state index in [4.69, 9.17) is 14.2 Å². The van der Waals surface area contributed by atoms with Crippen molar-refractivity contribution in [1.29, 1.82) is 0 Å². The Hall–Kier alpha value is -4.53. The van der Waals surface area contributed by atoms with Crippen molar-refractivity contribution in [3.05, 3.63) is 81.5 Å². The fraction of sp³-hybridized carbons (Fsp3) is 0.364. The van der Waals surface area contributed by atoms with E-state index in [9.17, 15) is 14.4 Å². The highest BCUT2D eigenvalue weighted by Crippen LogP contribution is 2.50. The van der Waals surface area contributed by atoms with Crippen molar-refractivity contribution >= 4 is 17.5 Å². The first-order chi connectivity index (χ1) is 20.3. The van der Waals surface area contributed by atoms with Crippen LogP contribution in [0.15, 0.2) is 59.4 Å². The lowest BCUT2D eigenvalue weighted by atomic mass is 9.95. The molecular formula is C33H39N3O6. The number of hydrogen-bond acceptors (Lipinski definition) is 7. The molecule has 1 unspecified atom stereocenters. The Labute approximate surface area is 246 Å². The van der Waals surface area contributed by atoms with Crippen LogP contribution in [-0.4, -0.2) is 39.7 Å². The number of carbonyl (C=O) groups excluding carboxylic acids is 2. The van der Waals surface area contributed by atoms with Gasteiger partial charge >= 0.3 is 0 Å². The molecule has 0 fully saturated rings. The van der Waals surface area contributed by atoms with Crippen LogP contribution in [0.1, 0.15) is 61.9 Å². The van der Waals surface area contributed by atoms with Gasteiger partial charge in [-0.3, -0.25) is 14.4 Å². The lowest BCUT2D eigenvalue weighted by Gasteiger charge is -2.19. The SMILES string of the molecule is COc1cc2c(c(OC)c1OC)-c1ccc(NCCCC(=O)NC(C)c3ccccc3)c(=O)cc1[C@@H](NC(C)=O)CC2. The van der Waals surface area contributed by atoms with Gasteiger partial charge in [-0.1, -0.05) is 36.4 Å². The van der Waals surface area contributed by atoms with Crippen LogP contribution in [0, 0.1) is 0 Å². The standard InChI is InChI=1S/C33H39N3O6/c1-20(22-10-7-6-8-11-22)35-30(39)12-9-17-34-27-16-14-24-25(19-28(27)38)26(36-21(2)37)15-13-23-18-29(40-3)32(41-4)33(42-5)31(23)24/h6-8,10-11,14,16,18-20,26H,9,12-13,15,17H2,1-5H3,(H,34,38)(H,35,39)(H,36,37)/t20?,26-/m0/s1. The fourth-order valence-electron chi connectivity index (χ4n) is 5.46. The fourth-order valence-corrected chi connectivity index (χ4v) is 5.46. The molecule has 0 heterocycles. The van der Waals surface area contributed by atoms with Gasteiger partial charge in [0.1, 0.15) is 0 Å². The van der Waals surface area contributed by atoms with Gasteiger partial charge in [-0.25, -0.2) is 0 Å². The number of nitrogens with one attached hydrogen (secondary N) is 3. The molecule has 2 amide bonds. The first kappa shape index (κ1) is 30.4. The van der Waals surface area contributed by atoms with Gasteiger partial charge < -0.3 is 30.2 Å². The third-order valence-corrected chi connectivity index (χ3v) is 7.49. The summed E-state index contributed by atoms with van der Waals surface area (Å²) >= 11 is 0. The molecule has 9 heteroatoms. The second-order valence-corrected chi connectivity index (χ2v) is 10.3. The first-order valence-corrected chi connectivity index (χ1v) is 14.1. The molecule has 0 saturated heterocycles. The minimum absolute atomic E-state index is 0.0490. The van der Waals surface area contributed by atoms with Gasteiger partial charge in [-0.2, -0.15) is 0 Å². The van der Waals surface area contributed by atoms with Gasteiger partial charge in [0.05, 0.1) is 39.1 Å². The molecule has 0 bridgehead atoms. The molecule has 0 radical (unpaired) electrons. The number of carbonyl (C=O) groups is 2. The van der Waals surface area contributed by atoms with Crippen LogP contribution in [0.4, 0.5) is 5.69 Å². The second-order valence-electron chi connectivity index (χ2n) is 10.3. The van der Waals surface area contributed by atoms with Gasteiger partial charge in [-0.15, -0.1) is 0 Å². The number of ether oxygens (including phenoxy) is 3. The lowest BCUT2D eigenvalue weighted by molar-refractivity contribution is -0.122. The summed E-state index contributed by atoms with van der Waals surface area (Å²) in [7, 11) is 4.69. The lowest BCUT2D eigenvalue weighted by Crippen LogP contribution is -2.27. The van der Waals surface area contributed by atoms with E-state index < -0.39 is 0 Å². The van der Waals surface area contributed by atoms with Crippen LogP contribution in [0.5, 0.6) is 17.2 Å². The normalized spacial score (nSPS) is 14.4. The quantitative estimate of drug-likeness (QED) is 0.279. The highest BCUT2D eigenvalue weighted by molar-refractivity contribution is 5.84. The largest absolute Gasteiger partial charge is 0.493 e. The summed E-state index contributed by atoms with van der Waals surface area (Å²) in [5, 5.41) is 9.24. The molecule has 3 aromatic rings. The number of anilines is 1. The Morgan fingerprint density at radius 1 is 0.976 bits per heavy atom. The summed E-state index contributed by atoms with van der Waals surface area (Å²) in [4.78, 5) is 38.1. The number of rotatable bonds is 11. The molecule has 4 rings (SSSR count). The summed E-state index contributed by atoms with van der Waals surface area (Å²) in [5.74, 6) is 1.26. The van der Waals surface area contributed by atoms with E-state index in [1.807, 2.05) is 49.4 Å². The van der Waals surface area contributed by atoms with Crippen LogP contribution in [0.25, 0.3) is 11.1 Å². The van der Waals surface area contributed by atoms with E-state index in [0.717, 1.165) is 22.3 Å². The third kappa shape index (κ3) is 6.84. The van der Waals surface area contributed by atoms with Crippen molar-refractivity contribution in [3.63, 3.8) is 0 Å². The van der Waals surface area contributed by atoms with Crippen LogP contribution in [0.2, 0.25) is 0 Å². The van der Waals surface area contributed by atoms with E-state index in [1.165, 1.54) is 6.92 Å². The molecule has 42 heavy (non-hydrogen) atoms. The van der Waals surface area contributed by atoms with Crippen molar-refractivity contribution in [2.45, 2.75) is 51.6 Å². The van der Waals surface area contributed by atoms with Crippen LogP contribution in [-0.2, 0) is 16.0 Å². The molecule has 222 valence electrons. The maximum Gasteiger partial charge on any atom is 0.220 e. The summed E-state index contributed by atoms with van der Waals surface area (Å²) in [6, 6.07) is 16.5. The Morgan fingerprint density at radius 2 is 1.71 bits per heavy atom. The minimum atomic E-state index is -0.380. The van der Waals surface area contributed by atoms with Crippen molar-refractivity contribution in [1.82, 2.24) is 10.6 Å². The molecular weight excluding hydrogens is 534 g/mol. The Balaban J connectivity index is 1.60. The molecule has 3 N–H and O–H groups in total. The maximum absolute atomic E-state index is 13.4. The molecule has 0 aliphatic heterocycles. The predicted molar refractivity (Wildman–Crippen MR) is 163 cm³/mol. The van der Waals surface area contributed by atoms with Gasteiger partial charge in [0, 0.05) is 25.5 Å². The molecule has 0 saturated carbocycles. The second kappa shape index (κ2) is 13.9. The number of amides is 2. The summed E-state index contributed by atoms with van der Waals surface area (Å²) in [6.45, 7) is 3.86. The topological polar surface area (TPSA) is 115 Å². The number of benzene rings is 2. The van der Waals surface area contributed by atoms with Gasteiger partial charge in [-0.05, 0) is 66.6 Å². The van der Waals surface area contributed by atoms with Crippen LogP contribution in [0.3, 0.4) is 0 Å². The Bertz CT molecular complexity index is 1490. The van der Waals surface area contributed by atoms with E-state index >= 15 is 0 Å². The van der Waals surface area contributed by atoms with Gasteiger partial charge in [0.2, 0.25) is 23.0 Å². The molecule has 0 spiro atoms. The van der Waals surface area contributed by atoms with E-state index in [2.05, 4.69) is 16.0 Å². The zero-order valence-electron chi connectivity index (χ0n) is 24.8. The average Bonchev–Trinajstić information content (AvgIpc) is 3.23. The zero-order valence-corrected chi connectivity index (χ0v) is 24.8. The number of methoxy groups -OCH3 is 3. The summed E-state index contributed by atoms with van der Waals surface area (Å²) in [6.07, 6.45) is 2.08. The molecule has 1 aliphatic rings. The van der Waals surface area contributed by atoms with E-state index in [0.29, 0.717) is 60.7 Å². The number of hydrogen-bond donors (Lipinski definition) is 3. The predicted octanol–water partition coefficient (Wildman–Crippen LogP) is 4.93. The molecule has 1 aliphatic carbocycles. The maximum atomic E-state index is 13.4. The smallest absolute Gasteiger partial charge is 0.220 e. The van der Waals surface area contributed by atoms with E-state index in [-0.39, 0.29) is 29.3 Å². The summed E-state index contributed by atoms with van der Waals surface area (Å²) < 4.78 is 17.1.